The van der Waals surface area contributed by atoms with Crippen LogP contribution in [0.2, 0.25) is 0 Å². The minimum absolute atomic E-state index is 0.0270. The Balaban J connectivity index is 2.03. The second kappa shape index (κ2) is 8.68. The molecule has 130 valence electrons. The number of carbonyl (C=O) groups is 2. The number of hydrogen-bond donors (Lipinski definition) is 3. The third-order valence-corrected chi connectivity index (χ3v) is 3.36. The molecule has 0 radical (unpaired) electrons. The van der Waals surface area contributed by atoms with Gasteiger partial charge in [-0.25, -0.2) is 4.79 Å². The van der Waals surface area contributed by atoms with Crippen LogP contribution in [0, 0.1) is 6.92 Å². The molecule has 0 saturated carbocycles. The molecule has 5 nitrogen and oxygen atoms in total. The Morgan fingerprint density at radius 2 is 1.52 bits per heavy atom. The van der Waals surface area contributed by atoms with Crippen molar-refractivity contribution < 1.29 is 9.59 Å². The summed E-state index contributed by atoms with van der Waals surface area (Å²) in [5, 5.41) is 8.27. The number of nitrogens with one attached hydrogen (secondary N) is 3. The molecule has 0 aliphatic heterocycles. The first-order chi connectivity index (χ1) is 11.9. The molecule has 0 spiro atoms. The molecule has 2 aromatic rings. The van der Waals surface area contributed by atoms with Gasteiger partial charge in [0.05, 0.1) is 11.4 Å². The number of anilines is 2. The standard InChI is InChI=1S/C20H23N3O2/c1-14(2)21-20(25)23-18-7-5-4-6-17(18)22-19(24)13-12-16-10-8-15(3)9-11-16/h4-14H,1-3H3,(H,22,24)(H2,21,23,25)/b13-12+. The van der Waals surface area contributed by atoms with Gasteiger partial charge in [-0.2, -0.15) is 0 Å². The minimum Gasteiger partial charge on any atom is -0.336 e. The number of amides is 3. The average Bonchev–Trinajstić information content (AvgIpc) is 2.55. The number of carbonyl (C=O) groups excluding carboxylic acids is 2. The second-order valence-corrected chi connectivity index (χ2v) is 6.03. The number of para-hydroxylation sites is 2. The molecule has 2 rings (SSSR count). The highest BCUT2D eigenvalue weighted by Gasteiger charge is 2.08. The van der Waals surface area contributed by atoms with Crippen LogP contribution in [-0.2, 0) is 4.79 Å². The first kappa shape index (κ1) is 18.3. The van der Waals surface area contributed by atoms with Gasteiger partial charge in [0.2, 0.25) is 5.91 Å². The van der Waals surface area contributed by atoms with E-state index in [1.165, 1.54) is 11.6 Å². The predicted molar refractivity (Wildman–Crippen MR) is 103 cm³/mol. The SMILES string of the molecule is Cc1ccc(/C=C/C(=O)Nc2ccccc2NC(=O)NC(C)C)cc1. The summed E-state index contributed by atoms with van der Waals surface area (Å²) in [5.41, 5.74) is 3.20. The van der Waals surface area contributed by atoms with Crippen LogP contribution < -0.4 is 16.0 Å². The van der Waals surface area contributed by atoms with Gasteiger partial charge in [0, 0.05) is 12.1 Å². The van der Waals surface area contributed by atoms with Gasteiger partial charge in [0.1, 0.15) is 0 Å². The van der Waals surface area contributed by atoms with Gasteiger partial charge < -0.3 is 16.0 Å². The normalized spacial score (nSPS) is 10.7. The molecule has 3 N–H and O–H groups in total. The highest BCUT2D eigenvalue weighted by molar-refractivity contribution is 6.05. The van der Waals surface area contributed by atoms with E-state index in [9.17, 15) is 9.59 Å². The molecule has 0 heterocycles. The molecule has 0 bridgehead atoms. The Hall–Kier alpha value is -3.08. The Bertz CT molecular complexity index is 765. The van der Waals surface area contributed by atoms with Crippen molar-refractivity contribution in [1.82, 2.24) is 5.32 Å². The first-order valence-corrected chi connectivity index (χ1v) is 8.16. The summed E-state index contributed by atoms with van der Waals surface area (Å²) in [6.45, 7) is 5.77. The lowest BCUT2D eigenvalue weighted by molar-refractivity contribution is -0.111. The fourth-order valence-electron chi connectivity index (χ4n) is 2.15. The van der Waals surface area contributed by atoms with Gasteiger partial charge in [0.25, 0.3) is 0 Å². The van der Waals surface area contributed by atoms with Gasteiger partial charge in [-0.3, -0.25) is 4.79 Å². The van der Waals surface area contributed by atoms with Crippen LogP contribution in [0.5, 0.6) is 0 Å². The number of aryl methyl sites for hydroxylation is 1. The van der Waals surface area contributed by atoms with Gasteiger partial charge in [-0.1, -0.05) is 42.0 Å². The summed E-state index contributed by atoms with van der Waals surface area (Å²) in [4.78, 5) is 24.0. The molecular formula is C20H23N3O2. The fraction of sp³-hybridized carbons (Fsp3) is 0.200. The molecule has 0 atom stereocenters. The van der Waals surface area contributed by atoms with Gasteiger partial charge in [-0.05, 0) is 44.5 Å². The molecule has 0 aliphatic carbocycles. The smallest absolute Gasteiger partial charge is 0.319 e. The van der Waals surface area contributed by atoms with Crippen LogP contribution in [0.1, 0.15) is 25.0 Å². The van der Waals surface area contributed by atoms with Crippen molar-refractivity contribution >= 4 is 29.4 Å². The maximum Gasteiger partial charge on any atom is 0.319 e. The zero-order chi connectivity index (χ0) is 18.2. The summed E-state index contributed by atoms with van der Waals surface area (Å²) in [7, 11) is 0. The van der Waals surface area contributed by atoms with E-state index in [0.717, 1.165) is 5.56 Å². The lowest BCUT2D eigenvalue weighted by Crippen LogP contribution is -2.34. The van der Waals surface area contributed by atoms with E-state index in [4.69, 9.17) is 0 Å². The molecular weight excluding hydrogens is 314 g/mol. The molecule has 3 amide bonds. The molecule has 0 saturated heterocycles. The van der Waals surface area contributed by atoms with Gasteiger partial charge in [0.15, 0.2) is 0 Å². The lowest BCUT2D eigenvalue weighted by atomic mass is 10.1. The zero-order valence-electron chi connectivity index (χ0n) is 14.7. The van der Waals surface area contributed by atoms with Crippen molar-refractivity contribution in [2.45, 2.75) is 26.8 Å². The van der Waals surface area contributed by atoms with E-state index in [1.807, 2.05) is 45.0 Å². The highest BCUT2D eigenvalue weighted by Crippen LogP contribution is 2.21. The van der Waals surface area contributed by atoms with Crippen LogP contribution in [0.15, 0.2) is 54.6 Å². The molecule has 2 aromatic carbocycles. The van der Waals surface area contributed by atoms with Crippen LogP contribution in [0.4, 0.5) is 16.2 Å². The van der Waals surface area contributed by atoms with Crippen molar-refractivity contribution in [3.63, 3.8) is 0 Å². The molecule has 25 heavy (non-hydrogen) atoms. The molecule has 5 heteroatoms. The largest absolute Gasteiger partial charge is 0.336 e. The maximum atomic E-state index is 12.1. The third-order valence-electron chi connectivity index (χ3n) is 3.36. The van der Waals surface area contributed by atoms with Gasteiger partial charge in [-0.15, -0.1) is 0 Å². The lowest BCUT2D eigenvalue weighted by Gasteiger charge is -2.13. The van der Waals surface area contributed by atoms with Crippen molar-refractivity contribution in [3.8, 4) is 0 Å². The Morgan fingerprint density at radius 1 is 0.920 bits per heavy atom. The summed E-state index contributed by atoms with van der Waals surface area (Å²) in [6.07, 6.45) is 3.21. The Morgan fingerprint density at radius 3 is 2.12 bits per heavy atom. The Labute approximate surface area is 148 Å². The van der Waals surface area contributed by atoms with E-state index in [0.29, 0.717) is 11.4 Å². The average molecular weight is 337 g/mol. The minimum atomic E-state index is -0.313. The van der Waals surface area contributed by atoms with Crippen LogP contribution in [0.25, 0.3) is 6.08 Å². The second-order valence-electron chi connectivity index (χ2n) is 6.03. The summed E-state index contributed by atoms with van der Waals surface area (Å²) < 4.78 is 0. The maximum absolute atomic E-state index is 12.1. The number of hydrogen-bond acceptors (Lipinski definition) is 2. The predicted octanol–water partition coefficient (Wildman–Crippen LogP) is 4.18. The van der Waals surface area contributed by atoms with Crippen molar-refractivity contribution in [2.24, 2.45) is 0 Å². The topological polar surface area (TPSA) is 70.2 Å². The number of benzene rings is 2. The fourth-order valence-corrected chi connectivity index (χ4v) is 2.15. The molecule has 0 fully saturated rings. The van der Waals surface area contributed by atoms with Crippen LogP contribution in [-0.4, -0.2) is 18.0 Å². The van der Waals surface area contributed by atoms with E-state index in [1.54, 1.807) is 30.3 Å². The summed E-state index contributed by atoms with van der Waals surface area (Å²) >= 11 is 0. The quantitative estimate of drug-likeness (QED) is 0.716. The molecule has 0 aliphatic rings. The number of urea groups is 1. The highest BCUT2D eigenvalue weighted by atomic mass is 16.2. The van der Waals surface area contributed by atoms with E-state index in [-0.39, 0.29) is 18.0 Å². The van der Waals surface area contributed by atoms with Crippen molar-refractivity contribution in [2.75, 3.05) is 10.6 Å². The van der Waals surface area contributed by atoms with Crippen LogP contribution in [0.3, 0.4) is 0 Å². The summed E-state index contributed by atoms with van der Waals surface area (Å²) in [5.74, 6) is -0.265. The van der Waals surface area contributed by atoms with E-state index in [2.05, 4.69) is 16.0 Å². The van der Waals surface area contributed by atoms with Crippen LogP contribution >= 0.6 is 0 Å². The first-order valence-electron chi connectivity index (χ1n) is 8.16. The van der Waals surface area contributed by atoms with Crippen molar-refractivity contribution in [3.05, 3.63) is 65.7 Å². The van der Waals surface area contributed by atoms with E-state index >= 15 is 0 Å². The summed E-state index contributed by atoms with van der Waals surface area (Å²) in [6, 6.07) is 14.7. The third kappa shape index (κ3) is 6.14. The van der Waals surface area contributed by atoms with E-state index < -0.39 is 0 Å². The van der Waals surface area contributed by atoms with Gasteiger partial charge >= 0.3 is 6.03 Å². The zero-order valence-corrected chi connectivity index (χ0v) is 14.7. The van der Waals surface area contributed by atoms with Crippen molar-refractivity contribution in [1.29, 1.82) is 0 Å². The monoisotopic (exact) mass is 337 g/mol. The molecule has 0 aromatic heterocycles. The number of rotatable bonds is 5. The molecule has 0 unspecified atom stereocenters. The Kier molecular flexibility index (Phi) is 6.34.